The number of anilines is 1. The Kier molecular flexibility index (Phi) is 2.19. The van der Waals surface area contributed by atoms with Crippen molar-refractivity contribution in [2.24, 2.45) is 0 Å². The Balaban J connectivity index is 2.20. The molecule has 7 nitrogen and oxygen atoms in total. The van der Waals surface area contributed by atoms with Crippen molar-refractivity contribution in [2.75, 3.05) is 5.48 Å². The fourth-order valence-electron chi connectivity index (χ4n) is 1.98. The topological polar surface area (TPSA) is 107 Å². The van der Waals surface area contributed by atoms with Crippen LogP contribution >= 0.6 is 0 Å². The first kappa shape index (κ1) is 10.0. The predicted octanol–water partition coefficient (Wildman–Crippen LogP) is 1.43. The summed E-state index contributed by atoms with van der Waals surface area (Å²) >= 11 is 0. The number of allylic oxidation sites excluding steroid dienone is 2. The molecule has 0 fully saturated rings. The van der Waals surface area contributed by atoms with Crippen molar-refractivity contribution in [1.29, 1.82) is 0 Å². The summed E-state index contributed by atoms with van der Waals surface area (Å²) in [5.74, 6) is 0.753. The third kappa shape index (κ3) is 1.60. The van der Waals surface area contributed by atoms with Crippen LogP contribution in [0.15, 0.2) is 6.08 Å². The molecule has 4 N–H and O–H groups in total. The molecule has 0 saturated heterocycles. The first-order valence-corrected chi connectivity index (χ1v) is 5.34. The molecule has 0 aromatic carbocycles. The zero-order valence-corrected chi connectivity index (χ0v) is 8.93. The maximum absolute atomic E-state index is 9.27. The number of nitrogens with one attached hydrogen (secondary N) is 2. The molecule has 0 saturated carbocycles. The van der Waals surface area contributed by atoms with Gasteiger partial charge in [0.2, 0.25) is 0 Å². The molecule has 88 valence electrons. The van der Waals surface area contributed by atoms with Gasteiger partial charge in [-0.2, -0.15) is 4.98 Å². The molecule has 7 heteroatoms. The summed E-state index contributed by atoms with van der Waals surface area (Å²) < 4.78 is 0. The van der Waals surface area contributed by atoms with E-state index in [4.69, 9.17) is 5.21 Å². The number of hydrogen-bond donors (Lipinski definition) is 4. The molecular formula is C10H11N5O2. The summed E-state index contributed by atoms with van der Waals surface area (Å²) in [7, 11) is 0. The highest BCUT2D eigenvalue weighted by Gasteiger charge is 2.16. The van der Waals surface area contributed by atoms with Crippen LogP contribution in [0.1, 0.15) is 25.1 Å². The number of rotatable bonds is 2. The minimum atomic E-state index is -0.247. The maximum Gasteiger partial charge on any atom is 0.293 e. The molecule has 1 aliphatic rings. The SMILES string of the molecule is ONc1nc(C2=CCCC2)nc2nc(O)[nH]c12. The number of fused-ring (bicyclic) bond motifs is 1. The van der Waals surface area contributed by atoms with Gasteiger partial charge in [0.15, 0.2) is 17.3 Å². The average molecular weight is 233 g/mol. The van der Waals surface area contributed by atoms with Crippen LogP contribution < -0.4 is 5.48 Å². The lowest BCUT2D eigenvalue weighted by atomic mass is 10.2. The summed E-state index contributed by atoms with van der Waals surface area (Å²) in [6.45, 7) is 0. The van der Waals surface area contributed by atoms with Gasteiger partial charge in [-0.15, -0.1) is 0 Å². The number of hydrogen-bond acceptors (Lipinski definition) is 6. The minimum Gasteiger partial charge on any atom is -0.480 e. The molecular weight excluding hydrogens is 222 g/mol. The highest BCUT2D eigenvalue weighted by Crippen LogP contribution is 2.28. The first-order chi connectivity index (χ1) is 8.28. The van der Waals surface area contributed by atoms with Crippen LogP contribution in [0.5, 0.6) is 6.01 Å². The Bertz CT molecular complexity index is 604. The number of aromatic hydroxyl groups is 1. The van der Waals surface area contributed by atoms with Crippen molar-refractivity contribution in [2.45, 2.75) is 19.3 Å². The Morgan fingerprint density at radius 1 is 1.29 bits per heavy atom. The lowest BCUT2D eigenvalue weighted by molar-refractivity contribution is 0.386. The number of aromatic nitrogens is 4. The van der Waals surface area contributed by atoms with E-state index in [1.807, 2.05) is 5.48 Å². The summed E-state index contributed by atoms with van der Waals surface area (Å²) in [5.41, 5.74) is 3.75. The quantitative estimate of drug-likeness (QED) is 0.584. The van der Waals surface area contributed by atoms with Gasteiger partial charge < -0.3 is 10.1 Å². The second-order valence-electron chi connectivity index (χ2n) is 3.89. The molecule has 0 bridgehead atoms. The molecule has 0 atom stereocenters. The van der Waals surface area contributed by atoms with Crippen LogP contribution in [0, 0.1) is 0 Å². The van der Waals surface area contributed by atoms with Crippen LogP contribution in [0.2, 0.25) is 0 Å². The van der Waals surface area contributed by atoms with Crippen LogP contribution in [-0.2, 0) is 0 Å². The van der Waals surface area contributed by atoms with E-state index in [0.29, 0.717) is 17.0 Å². The van der Waals surface area contributed by atoms with Gasteiger partial charge in [-0.1, -0.05) is 6.08 Å². The van der Waals surface area contributed by atoms with E-state index in [1.54, 1.807) is 0 Å². The molecule has 0 unspecified atom stereocenters. The van der Waals surface area contributed by atoms with Gasteiger partial charge in [-0.05, 0) is 24.8 Å². The van der Waals surface area contributed by atoms with E-state index in [9.17, 15) is 5.11 Å². The molecule has 2 aromatic heterocycles. The van der Waals surface area contributed by atoms with E-state index < -0.39 is 0 Å². The van der Waals surface area contributed by atoms with E-state index in [-0.39, 0.29) is 11.8 Å². The lowest BCUT2D eigenvalue weighted by Crippen LogP contribution is -2.00. The van der Waals surface area contributed by atoms with E-state index in [2.05, 4.69) is 26.0 Å². The zero-order chi connectivity index (χ0) is 11.8. The first-order valence-electron chi connectivity index (χ1n) is 5.34. The fraction of sp³-hybridized carbons (Fsp3) is 0.300. The van der Waals surface area contributed by atoms with E-state index >= 15 is 0 Å². The van der Waals surface area contributed by atoms with Gasteiger partial charge in [0, 0.05) is 0 Å². The summed E-state index contributed by atoms with van der Waals surface area (Å²) in [5, 5.41) is 18.3. The number of H-pyrrole nitrogens is 1. The van der Waals surface area contributed by atoms with Gasteiger partial charge in [0.25, 0.3) is 6.01 Å². The number of nitrogens with zero attached hydrogens (tertiary/aromatic N) is 3. The van der Waals surface area contributed by atoms with Crippen LogP contribution in [0.25, 0.3) is 16.7 Å². The van der Waals surface area contributed by atoms with Gasteiger partial charge in [-0.25, -0.2) is 9.97 Å². The van der Waals surface area contributed by atoms with E-state index in [1.165, 1.54) is 0 Å². The molecule has 2 aromatic rings. The van der Waals surface area contributed by atoms with Crippen molar-refractivity contribution in [3.05, 3.63) is 11.9 Å². The van der Waals surface area contributed by atoms with Gasteiger partial charge in [-0.3, -0.25) is 10.7 Å². The summed E-state index contributed by atoms with van der Waals surface area (Å²) in [6, 6.07) is -0.247. The maximum atomic E-state index is 9.27. The lowest BCUT2D eigenvalue weighted by Gasteiger charge is -2.03. The largest absolute Gasteiger partial charge is 0.480 e. The molecule has 3 rings (SSSR count). The van der Waals surface area contributed by atoms with Gasteiger partial charge in [0.1, 0.15) is 5.52 Å². The average Bonchev–Trinajstić information content (AvgIpc) is 2.94. The fourth-order valence-corrected chi connectivity index (χ4v) is 1.98. The molecule has 1 aliphatic carbocycles. The highest BCUT2D eigenvalue weighted by molar-refractivity contribution is 5.84. The molecule has 0 aliphatic heterocycles. The third-order valence-corrected chi connectivity index (χ3v) is 2.77. The van der Waals surface area contributed by atoms with Crippen molar-refractivity contribution < 1.29 is 10.3 Å². The van der Waals surface area contributed by atoms with Crippen LogP contribution in [0.4, 0.5) is 5.82 Å². The summed E-state index contributed by atoms with van der Waals surface area (Å²) in [6.07, 6.45) is 5.11. The molecule has 0 radical (unpaired) electrons. The van der Waals surface area contributed by atoms with Crippen molar-refractivity contribution in [3.8, 4) is 6.01 Å². The molecule has 0 spiro atoms. The zero-order valence-electron chi connectivity index (χ0n) is 8.93. The molecule has 17 heavy (non-hydrogen) atoms. The van der Waals surface area contributed by atoms with Crippen LogP contribution in [-0.4, -0.2) is 30.2 Å². The molecule has 2 heterocycles. The Morgan fingerprint density at radius 3 is 2.88 bits per heavy atom. The smallest absolute Gasteiger partial charge is 0.293 e. The Hall–Kier alpha value is -2.15. The Morgan fingerprint density at radius 2 is 2.18 bits per heavy atom. The Labute approximate surface area is 96.2 Å². The summed E-state index contributed by atoms with van der Waals surface area (Å²) in [4.78, 5) is 14.8. The minimum absolute atomic E-state index is 0.214. The third-order valence-electron chi connectivity index (χ3n) is 2.77. The predicted molar refractivity (Wildman–Crippen MR) is 60.6 cm³/mol. The van der Waals surface area contributed by atoms with Gasteiger partial charge >= 0.3 is 0 Å². The monoisotopic (exact) mass is 233 g/mol. The van der Waals surface area contributed by atoms with Gasteiger partial charge in [0.05, 0.1) is 0 Å². The second kappa shape index (κ2) is 3.70. The molecule has 0 amide bonds. The highest BCUT2D eigenvalue weighted by atomic mass is 16.5. The van der Waals surface area contributed by atoms with Crippen LogP contribution in [0.3, 0.4) is 0 Å². The van der Waals surface area contributed by atoms with E-state index in [0.717, 1.165) is 24.8 Å². The van der Waals surface area contributed by atoms with Crippen molar-refractivity contribution >= 4 is 22.6 Å². The normalized spacial score (nSPS) is 15.2. The second-order valence-corrected chi connectivity index (χ2v) is 3.89. The number of imidazole rings is 1. The van der Waals surface area contributed by atoms with Crippen molar-refractivity contribution in [3.63, 3.8) is 0 Å². The standard InChI is InChI=1S/C10H11N5O2/c16-10-11-6-8(14-10)12-7(13-9(6)15-17)5-3-1-2-4-5/h3,17H,1-2,4H2,(H3,11,12,13,14,15,16). The number of aromatic amines is 1. The van der Waals surface area contributed by atoms with Crippen molar-refractivity contribution in [1.82, 2.24) is 19.9 Å².